The van der Waals surface area contributed by atoms with Crippen LogP contribution in [0.3, 0.4) is 0 Å². The predicted molar refractivity (Wildman–Crippen MR) is 206 cm³/mol. The Kier molecular flexibility index (Phi) is 16.0. The Morgan fingerprint density at radius 1 is 0.481 bits per heavy atom. The Bertz CT molecular complexity index is 2210. The van der Waals surface area contributed by atoms with Crippen molar-refractivity contribution in [2.75, 3.05) is 14.2 Å². The molecule has 0 unspecified atom stereocenters. The molecule has 10 nitrogen and oxygen atoms in total. The van der Waals surface area contributed by atoms with Crippen LogP contribution in [-0.4, -0.2) is 56.0 Å². The van der Waals surface area contributed by atoms with Gasteiger partial charge in [0.25, 0.3) is 0 Å². The maximum absolute atomic E-state index is 10.4. The minimum atomic E-state index is -0.0606. The molecule has 0 bridgehead atoms. The van der Waals surface area contributed by atoms with Crippen LogP contribution in [0.1, 0.15) is 25.0 Å². The van der Waals surface area contributed by atoms with E-state index in [0.29, 0.717) is 56.5 Å². The second-order valence-corrected chi connectivity index (χ2v) is 11.4. The van der Waals surface area contributed by atoms with Gasteiger partial charge in [-0.1, -0.05) is 48.5 Å². The summed E-state index contributed by atoms with van der Waals surface area (Å²) >= 11 is 0. The summed E-state index contributed by atoms with van der Waals surface area (Å²) in [6.07, 6.45) is 3.34. The first kappa shape index (κ1) is 42.5. The van der Waals surface area contributed by atoms with Crippen molar-refractivity contribution >= 4 is 44.6 Å². The zero-order valence-electron chi connectivity index (χ0n) is 29.8. The van der Waals surface area contributed by atoms with Gasteiger partial charge in [-0.05, 0) is 68.4 Å². The first-order valence-corrected chi connectivity index (χ1v) is 16.2. The van der Waals surface area contributed by atoms with E-state index < -0.39 is 0 Å². The van der Waals surface area contributed by atoms with Crippen molar-refractivity contribution in [1.82, 2.24) is 9.97 Å². The fourth-order valence-corrected chi connectivity index (χ4v) is 5.20. The molecule has 0 atom stereocenters. The minimum Gasteiger partial charge on any atom is -0.507 e. The van der Waals surface area contributed by atoms with Crippen molar-refractivity contribution in [3.8, 4) is 34.5 Å². The number of methoxy groups -OCH3 is 2. The van der Waals surface area contributed by atoms with E-state index in [1.54, 1.807) is 82.9 Å². The molecular weight excluding hydrogens is 774 g/mol. The van der Waals surface area contributed by atoms with E-state index in [2.05, 4.69) is 20.0 Å². The van der Waals surface area contributed by atoms with Crippen molar-refractivity contribution in [1.29, 1.82) is 0 Å². The largest absolute Gasteiger partial charge is 0.507 e. The number of aromatic nitrogens is 2. The number of ether oxygens (including phenoxy) is 2. The molecule has 0 aliphatic carbocycles. The standard InChI is InChI=1S/C24H24N2O4.2C9H7NO.2Co/c1-15(25-17-7-5-9-19(11-17)29-3)21-13-22(24(28)14-23(21)27)16(2)26-18-8-6-10-20(12-18)30-4;2*11-8-5-1-3-7-4-2-6-10-9(7)8;;/h5-14,27-28H,1-4H3;2*1-6,11H;;. The summed E-state index contributed by atoms with van der Waals surface area (Å²) in [4.78, 5) is 17.2. The number of hydrogen-bond acceptors (Lipinski definition) is 10. The smallest absolute Gasteiger partial charge is 0.141 e. The monoisotopic (exact) mass is 812 g/mol. The summed E-state index contributed by atoms with van der Waals surface area (Å²) in [7, 11) is 3.19. The number of benzene rings is 5. The number of aliphatic imine (C=N–C) groups is 2. The molecule has 54 heavy (non-hydrogen) atoms. The van der Waals surface area contributed by atoms with Crippen LogP contribution in [0.25, 0.3) is 21.8 Å². The van der Waals surface area contributed by atoms with Gasteiger partial charge in [0.2, 0.25) is 0 Å². The number of para-hydroxylation sites is 2. The van der Waals surface area contributed by atoms with E-state index in [0.717, 1.165) is 10.8 Å². The van der Waals surface area contributed by atoms with Gasteiger partial charge in [0.1, 0.15) is 45.5 Å². The van der Waals surface area contributed by atoms with E-state index in [4.69, 9.17) is 9.47 Å². The number of pyridine rings is 2. The molecule has 7 aromatic rings. The quantitative estimate of drug-likeness (QED) is 0.122. The van der Waals surface area contributed by atoms with Gasteiger partial charge < -0.3 is 29.9 Å². The number of hydrogen-bond donors (Lipinski definition) is 4. The topological polar surface area (TPSA) is 150 Å². The van der Waals surface area contributed by atoms with Gasteiger partial charge in [0, 0.05) is 97.5 Å². The zero-order chi connectivity index (χ0) is 37.0. The third kappa shape index (κ3) is 11.0. The van der Waals surface area contributed by atoms with Crippen LogP contribution in [0, 0.1) is 0 Å². The molecule has 0 amide bonds. The van der Waals surface area contributed by atoms with Crippen LogP contribution in [0.15, 0.2) is 144 Å². The van der Waals surface area contributed by atoms with Crippen molar-refractivity contribution < 1.29 is 63.5 Å². The normalized spacial score (nSPS) is 10.8. The van der Waals surface area contributed by atoms with Crippen LogP contribution >= 0.6 is 0 Å². The molecule has 280 valence electrons. The van der Waals surface area contributed by atoms with Gasteiger partial charge >= 0.3 is 0 Å². The Morgan fingerprint density at radius 2 is 0.870 bits per heavy atom. The first-order valence-electron chi connectivity index (χ1n) is 16.2. The molecule has 0 spiro atoms. The molecule has 7 rings (SSSR count). The zero-order valence-corrected chi connectivity index (χ0v) is 31.8. The Balaban J connectivity index is 0.000000265. The summed E-state index contributed by atoms with van der Waals surface area (Å²) in [6, 6.07) is 35.9. The maximum Gasteiger partial charge on any atom is 0.141 e. The summed E-state index contributed by atoms with van der Waals surface area (Å²) in [6.45, 7) is 3.59. The average molecular weight is 813 g/mol. The molecule has 2 heterocycles. The van der Waals surface area contributed by atoms with E-state index in [1.165, 1.54) is 6.07 Å². The van der Waals surface area contributed by atoms with E-state index in [-0.39, 0.29) is 56.6 Å². The number of nitrogens with zero attached hydrogens (tertiary/aromatic N) is 4. The van der Waals surface area contributed by atoms with Gasteiger partial charge in [0.15, 0.2) is 0 Å². The van der Waals surface area contributed by atoms with Gasteiger partial charge in [-0.3, -0.25) is 20.0 Å². The maximum atomic E-state index is 10.4. The Morgan fingerprint density at radius 3 is 1.26 bits per heavy atom. The van der Waals surface area contributed by atoms with Crippen LogP contribution in [-0.2, 0) is 33.6 Å². The van der Waals surface area contributed by atoms with Crippen molar-refractivity contribution in [3.05, 3.63) is 145 Å². The van der Waals surface area contributed by atoms with Gasteiger partial charge in [-0.25, -0.2) is 0 Å². The molecule has 2 radical (unpaired) electrons. The molecule has 4 N–H and O–H groups in total. The molecule has 12 heteroatoms. The second kappa shape index (κ2) is 20.3. The molecule has 0 aliphatic heterocycles. The molecule has 5 aromatic carbocycles. The van der Waals surface area contributed by atoms with E-state index in [9.17, 15) is 20.4 Å². The second-order valence-electron chi connectivity index (χ2n) is 11.4. The van der Waals surface area contributed by atoms with E-state index >= 15 is 0 Å². The van der Waals surface area contributed by atoms with Crippen molar-refractivity contribution in [2.45, 2.75) is 13.8 Å². The number of phenolic OH excluding ortho intramolecular Hbond substituents is 4. The third-order valence-corrected chi connectivity index (χ3v) is 7.82. The Labute approximate surface area is 333 Å². The summed E-state index contributed by atoms with van der Waals surface area (Å²) in [5.74, 6) is 1.75. The fourth-order valence-electron chi connectivity index (χ4n) is 5.20. The summed E-state index contributed by atoms with van der Waals surface area (Å²) in [5, 5.41) is 41.3. The molecular formula is C42H38Co2N4O6. The molecule has 2 aromatic heterocycles. The molecule has 0 aliphatic rings. The molecule has 0 saturated heterocycles. The van der Waals surface area contributed by atoms with Gasteiger partial charge in [0.05, 0.1) is 25.6 Å². The summed E-state index contributed by atoms with van der Waals surface area (Å²) in [5.41, 5.74) is 4.92. The number of phenols is 4. The number of rotatable bonds is 6. The average Bonchev–Trinajstić information content (AvgIpc) is 3.16. The fraction of sp³-hybridized carbons (Fsp3) is 0.0952. The predicted octanol–water partition coefficient (Wildman–Crippen LogP) is 9.27. The molecule has 0 fully saturated rings. The minimum absolute atomic E-state index is 0. The summed E-state index contributed by atoms with van der Waals surface area (Å²) < 4.78 is 10.5. The van der Waals surface area contributed by atoms with Gasteiger partial charge in [-0.2, -0.15) is 0 Å². The van der Waals surface area contributed by atoms with Crippen molar-refractivity contribution in [2.24, 2.45) is 9.98 Å². The SMILES string of the molecule is COc1cccc(N=C(C)c2cc(C(C)=Nc3cccc(OC)c3)c(O)cc2O)c1.Oc1cccc2cccnc12.Oc1cccc2cccnc12.[Co].[Co]. The third-order valence-electron chi connectivity index (χ3n) is 7.82. The Hall–Kier alpha value is -5.93. The van der Waals surface area contributed by atoms with Gasteiger partial charge in [-0.15, -0.1) is 0 Å². The van der Waals surface area contributed by atoms with Crippen LogP contribution in [0.4, 0.5) is 11.4 Å². The number of aromatic hydroxyl groups is 4. The van der Waals surface area contributed by atoms with Crippen LogP contribution < -0.4 is 9.47 Å². The van der Waals surface area contributed by atoms with Crippen LogP contribution in [0.2, 0.25) is 0 Å². The molecule has 0 saturated carbocycles. The van der Waals surface area contributed by atoms with Crippen molar-refractivity contribution in [3.63, 3.8) is 0 Å². The number of fused-ring (bicyclic) bond motifs is 2. The first-order chi connectivity index (χ1) is 25.2. The van der Waals surface area contributed by atoms with Crippen LogP contribution in [0.5, 0.6) is 34.5 Å². The van der Waals surface area contributed by atoms with E-state index in [1.807, 2.05) is 72.8 Å².